The van der Waals surface area contributed by atoms with Gasteiger partial charge in [0.1, 0.15) is 11.2 Å². The maximum Gasteiger partial charge on any atom is 0.164 e. The van der Waals surface area contributed by atoms with Crippen molar-refractivity contribution in [3.8, 4) is 56.4 Å². The Labute approximate surface area is 339 Å². The van der Waals surface area contributed by atoms with Crippen LogP contribution in [0.2, 0.25) is 0 Å². The van der Waals surface area contributed by atoms with Gasteiger partial charge in [-0.3, -0.25) is 0 Å². The number of hydrogen-bond acceptors (Lipinski definition) is 4. The second-order valence-electron chi connectivity index (χ2n) is 15.2. The van der Waals surface area contributed by atoms with Crippen molar-refractivity contribution in [2.45, 2.75) is 0 Å². The molecule has 0 radical (unpaired) electrons. The number of hydrogen-bond donors (Lipinski definition) is 0. The maximum atomic E-state index is 6.60. The molecule has 274 valence electrons. The van der Waals surface area contributed by atoms with Gasteiger partial charge in [-0.15, -0.1) is 0 Å². The fourth-order valence-electron chi connectivity index (χ4n) is 8.81. The molecule has 0 amide bonds. The van der Waals surface area contributed by atoms with E-state index in [1.54, 1.807) is 0 Å². The lowest BCUT2D eigenvalue weighted by molar-refractivity contribution is 0.669. The van der Waals surface area contributed by atoms with Crippen LogP contribution in [0.25, 0.3) is 121 Å². The summed E-state index contributed by atoms with van der Waals surface area (Å²) in [5.41, 5.74) is 8.72. The van der Waals surface area contributed by atoms with E-state index in [2.05, 4.69) is 182 Å². The highest BCUT2D eigenvalue weighted by atomic mass is 16.3. The predicted octanol–water partition coefficient (Wildman–Crippen LogP) is 14.7. The van der Waals surface area contributed by atoms with Crippen LogP contribution in [0.5, 0.6) is 0 Å². The molecular formula is C55H33N3O. The number of aromatic nitrogens is 3. The van der Waals surface area contributed by atoms with E-state index in [-0.39, 0.29) is 0 Å². The van der Waals surface area contributed by atoms with E-state index in [1.165, 1.54) is 37.7 Å². The van der Waals surface area contributed by atoms with Crippen molar-refractivity contribution in [3.63, 3.8) is 0 Å². The van der Waals surface area contributed by atoms with E-state index in [9.17, 15) is 0 Å². The third-order valence-corrected chi connectivity index (χ3v) is 11.7. The highest BCUT2D eigenvalue weighted by molar-refractivity contribution is 6.25. The summed E-state index contributed by atoms with van der Waals surface area (Å²) in [6.45, 7) is 0. The van der Waals surface area contributed by atoms with Gasteiger partial charge in [0.05, 0.1) is 0 Å². The molecule has 12 aromatic rings. The second kappa shape index (κ2) is 13.3. The molecule has 10 aromatic carbocycles. The molecule has 0 saturated carbocycles. The fraction of sp³-hybridized carbons (Fsp3) is 0. The average molecular weight is 752 g/mol. The average Bonchev–Trinajstić information content (AvgIpc) is 3.70. The first-order valence-corrected chi connectivity index (χ1v) is 19.9. The van der Waals surface area contributed by atoms with Crippen LogP contribution in [0.3, 0.4) is 0 Å². The zero-order valence-corrected chi connectivity index (χ0v) is 31.8. The number of benzene rings is 10. The molecule has 0 aliphatic carbocycles. The van der Waals surface area contributed by atoms with Crippen LogP contribution in [0.4, 0.5) is 0 Å². The Bertz CT molecular complexity index is 3570. The molecule has 0 unspecified atom stereocenters. The van der Waals surface area contributed by atoms with Crippen molar-refractivity contribution in [1.82, 2.24) is 15.0 Å². The fourth-order valence-corrected chi connectivity index (χ4v) is 8.81. The van der Waals surface area contributed by atoms with Crippen molar-refractivity contribution < 1.29 is 4.42 Å². The second-order valence-corrected chi connectivity index (χ2v) is 15.2. The van der Waals surface area contributed by atoms with Crippen molar-refractivity contribution in [2.75, 3.05) is 0 Å². The molecule has 0 saturated heterocycles. The minimum absolute atomic E-state index is 0.583. The van der Waals surface area contributed by atoms with Crippen LogP contribution in [-0.2, 0) is 0 Å². The summed E-state index contributed by atoms with van der Waals surface area (Å²) in [6, 6.07) is 70.5. The zero-order chi connectivity index (χ0) is 38.9. The van der Waals surface area contributed by atoms with Crippen LogP contribution in [0, 0.1) is 0 Å². The maximum absolute atomic E-state index is 6.60. The third kappa shape index (κ3) is 5.57. The van der Waals surface area contributed by atoms with Crippen LogP contribution in [0.15, 0.2) is 205 Å². The number of fused-ring (bicyclic) bond motifs is 10. The normalized spacial score (nSPS) is 11.7. The number of para-hydroxylation sites is 1. The first-order chi connectivity index (χ1) is 29.2. The molecule has 0 atom stereocenters. The van der Waals surface area contributed by atoms with Gasteiger partial charge in [0.25, 0.3) is 0 Å². The van der Waals surface area contributed by atoms with Crippen LogP contribution in [0.1, 0.15) is 0 Å². The molecule has 2 aromatic heterocycles. The van der Waals surface area contributed by atoms with Gasteiger partial charge in [0.2, 0.25) is 0 Å². The van der Waals surface area contributed by atoms with Crippen LogP contribution >= 0.6 is 0 Å². The monoisotopic (exact) mass is 751 g/mol. The molecule has 4 nitrogen and oxygen atoms in total. The van der Waals surface area contributed by atoms with Gasteiger partial charge >= 0.3 is 0 Å². The highest BCUT2D eigenvalue weighted by Gasteiger charge is 2.21. The van der Waals surface area contributed by atoms with Crippen LogP contribution < -0.4 is 0 Å². The molecule has 0 N–H and O–H groups in total. The summed E-state index contributed by atoms with van der Waals surface area (Å²) in [5.74, 6) is 1.79. The Morgan fingerprint density at radius 2 is 0.797 bits per heavy atom. The van der Waals surface area contributed by atoms with E-state index in [0.717, 1.165) is 66.3 Å². The summed E-state index contributed by atoms with van der Waals surface area (Å²) in [7, 11) is 0. The molecule has 0 aliphatic rings. The summed E-state index contributed by atoms with van der Waals surface area (Å²) in [4.78, 5) is 15.9. The van der Waals surface area contributed by atoms with Gasteiger partial charge in [-0.05, 0) is 95.7 Å². The summed E-state index contributed by atoms with van der Waals surface area (Å²) < 4.78 is 6.60. The third-order valence-electron chi connectivity index (χ3n) is 11.7. The van der Waals surface area contributed by atoms with Gasteiger partial charge in [-0.25, -0.2) is 15.0 Å². The van der Waals surface area contributed by atoms with E-state index in [0.29, 0.717) is 17.5 Å². The molecule has 0 fully saturated rings. The van der Waals surface area contributed by atoms with Crippen molar-refractivity contribution >= 4 is 65.0 Å². The smallest absolute Gasteiger partial charge is 0.164 e. The zero-order valence-electron chi connectivity index (χ0n) is 31.8. The Kier molecular flexibility index (Phi) is 7.50. The Morgan fingerprint density at radius 3 is 1.54 bits per heavy atom. The molecular weight excluding hydrogens is 719 g/mol. The number of nitrogens with zero attached hydrogens (tertiary/aromatic N) is 3. The first kappa shape index (κ1) is 33.2. The predicted molar refractivity (Wildman–Crippen MR) is 244 cm³/mol. The molecule has 2 heterocycles. The van der Waals surface area contributed by atoms with Gasteiger partial charge in [-0.2, -0.15) is 0 Å². The standard InChI is InChI=1S/C55H33N3O/c1-2-12-34(13-3-1)36-22-25-37(26-23-36)53-56-54(40-28-29-46-44-18-7-6-16-42(44)43-17-8-9-19-45(43)48(46)31-40)58-55(57-53)49-32-41(39-27-24-35-14-4-5-15-38(35)30-39)33-51-52(49)47-20-10-11-21-50(47)59-51/h1-33H. The summed E-state index contributed by atoms with van der Waals surface area (Å²) in [6.07, 6.45) is 0. The van der Waals surface area contributed by atoms with E-state index in [4.69, 9.17) is 19.4 Å². The highest BCUT2D eigenvalue weighted by Crippen LogP contribution is 2.41. The van der Waals surface area contributed by atoms with Gasteiger partial charge < -0.3 is 4.42 Å². The lowest BCUT2D eigenvalue weighted by Gasteiger charge is -2.13. The molecule has 0 spiro atoms. The molecule has 12 rings (SSSR count). The van der Waals surface area contributed by atoms with Crippen molar-refractivity contribution in [2.24, 2.45) is 0 Å². The molecule has 0 bridgehead atoms. The Morgan fingerprint density at radius 1 is 0.271 bits per heavy atom. The lowest BCUT2D eigenvalue weighted by atomic mass is 9.93. The number of furan rings is 1. The first-order valence-electron chi connectivity index (χ1n) is 19.9. The number of rotatable bonds is 5. The Hall–Kier alpha value is -7.95. The molecule has 4 heteroatoms. The SMILES string of the molecule is c1ccc(-c2ccc(-c3nc(-c4ccc5c6ccccc6c6ccccc6c5c4)nc(-c4cc(-c5ccc6ccccc6c5)cc5oc6ccccc6c45)n3)cc2)cc1. The largest absolute Gasteiger partial charge is 0.456 e. The van der Waals surface area contributed by atoms with Gasteiger partial charge in [0.15, 0.2) is 17.5 Å². The van der Waals surface area contributed by atoms with Crippen molar-refractivity contribution in [3.05, 3.63) is 200 Å². The quantitative estimate of drug-likeness (QED) is 0.164. The minimum atomic E-state index is 0.583. The van der Waals surface area contributed by atoms with E-state index in [1.807, 2.05) is 18.2 Å². The minimum Gasteiger partial charge on any atom is -0.456 e. The summed E-state index contributed by atoms with van der Waals surface area (Å²) in [5, 5.41) is 11.6. The van der Waals surface area contributed by atoms with Gasteiger partial charge in [0, 0.05) is 27.5 Å². The van der Waals surface area contributed by atoms with Crippen molar-refractivity contribution in [1.29, 1.82) is 0 Å². The summed E-state index contributed by atoms with van der Waals surface area (Å²) >= 11 is 0. The Balaban J connectivity index is 1.12. The molecule has 59 heavy (non-hydrogen) atoms. The topological polar surface area (TPSA) is 51.8 Å². The van der Waals surface area contributed by atoms with Crippen LogP contribution in [-0.4, -0.2) is 15.0 Å². The lowest BCUT2D eigenvalue weighted by Crippen LogP contribution is -2.01. The van der Waals surface area contributed by atoms with E-state index >= 15 is 0 Å². The van der Waals surface area contributed by atoms with E-state index < -0.39 is 0 Å². The molecule has 0 aliphatic heterocycles. The van der Waals surface area contributed by atoms with Gasteiger partial charge in [-0.1, -0.05) is 170 Å².